The van der Waals surface area contributed by atoms with Gasteiger partial charge >= 0.3 is 0 Å². The van der Waals surface area contributed by atoms with Gasteiger partial charge in [-0.3, -0.25) is 0 Å². The highest BCUT2D eigenvalue weighted by molar-refractivity contribution is 5.24. The predicted molar refractivity (Wildman–Crippen MR) is 63.9 cm³/mol. The zero-order valence-electron chi connectivity index (χ0n) is 9.83. The van der Waals surface area contributed by atoms with E-state index < -0.39 is 0 Å². The first-order chi connectivity index (χ1) is 7.17. The first-order valence-electron chi connectivity index (χ1n) is 5.60. The topological polar surface area (TPSA) is 32.3 Å². The summed E-state index contributed by atoms with van der Waals surface area (Å²) in [7, 11) is 0. The van der Waals surface area contributed by atoms with Gasteiger partial charge in [-0.15, -0.1) is 0 Å². The van der Waals surface area contributed by atoms with Gasteiger partial charge in [-0.1, -0.05) is 36.8 Å². The molecule has 0 saturated carbocycles. The van der Waals surface area contributed by atoms with Gasteiger partial charge in [0.2, 0.25) is 0 Å². The molecule has 15 heavy (non-hydrogen) atoms. The van der Waals surface area contributed by atoms with Gasteiger partial charge in [-0.25, -0.2) is 0 Å². The molecule has 1 aromatic rings. The van der Waals surface area contributed by atoms with Crippen LogP contribution in [0.25, 0.3) is 0 Å². The second-order valence-corrected chi connectivity index (χ2v) is 4.12. The highest BCUT2D eigenvalue weighted by Gasteiger charge is 2.11. The molecule has 1 rings (SSSR count). The van der Waals surface area contributed by atoms with E-state index in [4.69, 9.17) is 0 Å². The molecule has 1 aromatic carbocycles. The Kier molecular flexibility index (Phi) is 4.79. The standard InChI is InChI=1S/C13H21NO/c1-4-11(3)14-13(9-15)12-7-5-10(2)6-8-12/h5-8,11,13-15H,4,9H2,1-3H3. The Labute approximate surface area is 92.3 Å². The molecule has 2 N–H and O–H groups in total. The number of benzene rings is 1. The average molecular weight is 207 g/mol. The van der Waals surface area contributed by atoms with Crippen molar-refractivity contribution >= 4 is 0 Å². The molecule has 0 aliphatic rings. The lowest BCUT2D eigenvalue weighted by Gasteiger charge is -2.21. The van der Waals surface area contributed by atoms with Crippen molar-refractivity contribution in [3.8, 4) is 0 Å². The Morgan fingerprint density at radius 3 is 2.33 bits per heavy atom. The van der Waals surface area contributed by atoms with Crippen LogP contribution in [0.15, 0.2) is 24.3 Å². The molecule has 0 amide bonds. The lowest BCUT2D eigenvalue weighted by Crippen LogP contribution is -2.32. The van der Waals surface area contributed by atoms with E-state index in [1.165, 1.54) is 5.56 Å². The fourth-order valence-corrected chi connectivity index (χ4v) is 1.51. The maximum absolute atomic E-state index is 9.33. The van der Waals surface area contributed by atoms with E-state index in [-0.39, 0.29) is 12.6 Å². The normalized spacial score (nSPS) is 14.9. The number of aliphatic hydroxyl groups is 1. The summed E-state index contributed by atoms with van der Waals surface area (Å²) in [5, 5.41) is 12.7. The van der Waals surface area contributed by atoms with Gasteiger partial charge in [0.05, 0.1) is 12.6 Å². The third kappa shape index (κ3) is 3.65. The zero-order chi connectivity index (χ0) is 11.3. The van der Waals surface area contributed by atoms with Gasteiger partial charge in [0, 0.05) is 6.04 Å². The van der Waals surface area contributed by atoms with E-state index >= 15 is 0 Å². The molecular weight excluding hydrogens is 186 g/mol. The van der Waals surface area contributed by atoms with Crippen LogP contribution in [0.2, 0.25) is 0 Å². The molecule has 2 atom stereocenters. The van der Waals surface area contributed by atoms with Gasteiger partial charge in [-0.05, 0) is 25.8 Å². The number of nitrogens with one attached hydrogen (secondary N) is 1. The molecule has 0 bridgehead atoms. The average Bonchev–Trinajstić information content (AvgIpc) is 2.27. The van der Waals surface area contributed by atoms with Crippen molar-refractivity contribution in [2.45, 2.75) is 39.3 Å². The van der Waals surface area contributed by atoms with Crippen LogP contribution in [0.3, 0.4) is 0 Å². The quantitative estimate of drug-likeness (QED) is 0.777. The summed E-state index contributed by atoms with van der Waals surface area (Å²) in [5.41, 5.74) is 2.40. The van der Waals surface area contributed by atoms with E-state index in [9.17, 15) is 5.11 Å². The van der Waals surface area contributed by atoms with Crippen LogP contribution in [-0.4, -0.2) is 17.8 Å². The summed E-state index contributed by atoms with van der Waals surface area (Å²) < 4.78 is 0. The number of rotatable bonds is 5. The van der Waals surface area contributed by atoms with Crippen LogP contribution < -0.4 is 5.32 Å². The number of aryl methyl sites for hydroxylation is 1. The van der Waals surface area contributed by atoms with Crippen LogP contribution in [0.4, 0.5) is 0 Å². The maximum Gasteiger partial charge on any atom is 0.0626 e. The molecule has 0 fully saturated rings. The molecule has 0 aromatic heterocycles. The molecule has 2 nitrogen and oxygen atoms in total. The summed E-state index contributed by atoms with van der Waals surface area (Å²) in [6.07, 6.45) is 1.07. The largest absolute Gasteiger partial charge is 0.394 e. The van der Waals surface area contributed by atoms with Crippen molar-refractivity contribution in [1.82, 2.24) is 5.32 Å². The number of hydrogen-bond donors (Lipinski definition) is 2. The Balaban J connectivity index is 2.69. The fourth-order valence-electron chi connectivity index (χ4n) is 1.51. The molecular formula is C13H21NO. The predicted octanol–water partition coefficient (Wildman–Crippen LogP) is 2.42. The van der Waals surface area contributed by atoms with E-state index in [0.29, 0.717) is 6.04 Å². The first kappa shape index (κ1) is 12.2. The molecule has 0 spiro atoms. The molecule has 0 aliphatic heterocycles. The Morgan fingerprint density at radius 2 is 1.87 bits per heavy atom. The third-order valence-electron chi connectivity index (χ3n) is 2.76. The summed E-state index contributed by atoms with van der Waals surface area (Å²) in [4.78, 5) is 0. The first-order valence-corrected chi connectivity index (χ1v) is 5.60. The monoisotopic (exact) mass is 207 g/mol. The van der Waals surface area contributed by atoms with Crippen LogP contribution in [-0.2, 0) is 0 Å². The van der Waals surface area contributed by atoms with Crippen molar-refractivity contribution in [1.29, 1.82) is 0 Å². The van der Waals surface area contributed by atoms with E-state index in [2.05, 4.69) is 50.4 Å². The molecule has 0 radical (unpaired) electrons. The van der Waals surface area contributed by atoms with Crippen molar-refractivity contribution in [3.63, 3.8) is 0 Å². The van der Waals surface area contributed by atoms with E-state index in [1.807, 2.05) is 0 Å². The number of aliphatic hydroxyl groups excluding tert-OH is 1. The minimum Gasteiger partial charge on any atom is -0.394 e. The minimum atomic E-state index is 0.0561. The van der Waals surface area contributed by atoms with Crippen LogP contribution in [0, 0.1) is 6.92 Å². The van der Waals surface area contributed by atoms with Crippen molar-refractivity contribution in [2.24, 2.45) is 0 Å². The zero-order valence-corrected chi connectivity index (χ0v) is 9.83. The van der Waals surface area contributed by atoms with Crippen molar-refractivity contribution < 1.29 is 5.11 Å². The third-order valence-corrected chi connectivity index (χ3v) is 2.76. The second kappa shape index (κ2) is 5.89. The summed E-state index contributed by atoms with van der Waals surface area (Å²) >= 11 is 0. The van der Waals surface area contributed by atoms with Gasteiger partial charge in [0.25, 0.3) is 0 Å². The van der Waals surface area contributed by atoms with E-state index in [1.54, 1.807) is 0 Å². The smallest absolute Gasteiger partial charge is 0.0626 e. The molecule has 84 valence electrons. The van der Waals surface area contributed by atoms with Gasteiger partial charge < -0.3 is 10.4 Å². The number of hydrogen-bond acceptors (Lipinski definition) is 2. The van der Waals surface area contributed by atoms with Gasteiger partial charge in [0.15, 0.2) is 0 Å². The Hall–Kier alpha value is -0.860. The SMILES string of the molecule is CCC(C)NC(CO)c1ccc(C)cc1. The van der Waals surface area contributed by atoms with Crippen LogP contribution in [0.1, 0.15) is 37.4 Å². The second-order valence-electron chi connectivity index (χ2n) is 4.12. The molecule has 0 saturated heterocycles. The lowest BCUT2D eigenvalue weighted by molar-refractivity contribution is 0.234. The lowest BCUT2D eigenvalue weighted by atomic mass is 10.0. The van der Waals surface area contributed by atoms with Crippen LogP contribution in [0.5, 0.6) is 0 Å². The summed E-state index contributed by atoms with van der Waals surface area (Å²) in [6, 6.07) is 8.80. The van der Waals surface area contributed by atoms with Crippen molar-refractivity contribution in [2.75, 3.05) is 6.61 Å². The van der Waals surface area contributed by atoms with Gasteiger partial charge in [0.1, 0.15) is 0 Å². The molecule has 0 heterocycles. The summed E-state index contributed by atoms with van der Waals surface area (Å²) in [5.74, 6) is 0. The maximum atomic E-state index is 9.33. The highest BCUT2D eigenvalue weighted by atomic mass is 16.3. The Morgan fingerprint density at radius 1 is 1.27 bits per heavy atom. The molecule has 2 heteroatoms. The minimum absolute atomic E-state index is 0.0561. The van der Waals surface area contributed by atoms with E-state index in [0.717, 1.165) is 12.0 Å². The Bertz CT molecular complexity index is 281. The van der Waals surface area contributed by atoms with Crippen LogP contribution >= 0.6 is 0 Å². The molecule has 0 aliphatic carbocycles. The van der Waals surface area contributed by atoms with Crippen molar-refractivity contribution in [3.05, 3.63) is 35.4 Å². The summed E-state index contributed by atoms with van der Waals surface area (Å²) in [6.45, 7) is 6.49. The fraction of sp³-hybridized carbons (Fsp3) is 0.538. The van der Waals surface area contributed by atoms with Gasteiger partial charge in [-0.2, -0.15) is 0 Å². The highest BCUT2D eigenvalue weighted by Crippen LogP contribution is 2.14. The molecule has 2 unspecified atom stereocenters.